The molecule has 9 heteroatoms. The van der Waals surface area contributed by atoms with Crippen molar-refractivity contribution >= 4 is 5.97 Å². The highest BCUT2D eigenvalue weighted by Crippen LogP contribution is 2.43. The highest BCUT2D eigenvalue weighted by atomic mass is 19.4. The summed E-state index contributed by atoms with van der Waals surface area (Å²) >= 11 is 0. The van der Waals surface area contributed by atoms with Crippen LogP contribution in [0.25, 0.3) is 0 Å². The molecule has 0 saturated carbocycles. The summed E-state index contributed by atoms with van der Waals surface area (Å²) in [5.74, 6) is -2.62. The second kappa shape index (κ2) is 9.48. The number of nitrogens with zero attached hydrogens (tertiary/aromatic N) is 2. The summed E-state index contributed by atoms with van der Waals surface area (Å²) in [6.45, 7) is 1.67. The molecule has 0 N–H and O–H groups in total. The van der Waals surface area contributed by atoms with Crippen molar-refractivity contribution in [1.82, 2.24) is 9.55 Å². The zero-order chi connectivity index (χ0) is 24.3. The highest BCUT2D eigenvalue weighted by molar-refractivity contribution is 5.90. The van der Waals surface area contributed by atoms with Crippen molar-refractivity contribution in [2.75, 3.05) is 14.2 Å². The van der Waals surface area contributed by atoms with Crippen molar-refractivity contribution < 1.29 is 27.4 Å². The fraction of sp³-hybridized carbons (Fsp3) is 0.292. The first-order valence-electron chi connectivity index (χ1n) is 10.1. The summed E-state index contributed by atoms with van der Waals surface area (Å²) in [5.41, 5.74) is -1.12. The van der Waals surface area contributed by atoms with Crippen LogP contribution in [0.1, 0.15) is 51.8 Å². The number of hydrogen-bond acceptors (Lipinski definition) is 5. The lowest BCUT2D eigenvalue weighted by Gasteiger charge is -2.28. The van der Waals surface area contributed by atoms with Crippen LogP contribution in [0.3, 0.4) is 0 Å². The highest BCUT2D eigenvalue weighted by Gasteiger charge is 2.38. The number of hydrogen-bond donors (Lipinski definition) is 0. The number of carbonyl (C=O) groups is 1. The van der Waals surface area contributed by atoms with E-state index in [0.29, 0.717) is 5.56 Å². The van der Waals surface area contributed by atoms with Gasteiger partial charge in [0.15, 0.2) is 5.69 Å². The largest absolute Gasteiger partial charge is 0.489 e. The number of rotatable bonds is 6. The Kier molecular flexibility index (Phi) is 6.90. The molecule has 1 heterocycles. The van der Waals surface area contributed by atoms with Gasteiger partial charge in [-0.05, 0) is 17.2 Å². The quantitative estimate of drug-likeness (QED) is 0.506. The van der Waals surface area contributed by atoms with E-state index in [1.807, 2.05) is 0 Å². The maximum atomic E-state index is 13.9. The summed E-state index contributed by atoms with van der Waals surface area (Å²) in [6.07, 6.45) is -4.58. The molecular formula is C24H23F3N2O4. The van der Waals surface area contributed by atoms with Gasteiger partial charge in [0.25, 0.3) is 5.56 Å². The molecular weight excluding hydrogens is 437 g/mol. The lowest BCUT2D eigenvalue weighted by molar-refractivity contribution is -0.138. The number of ether oxygens (including phenoxy) is 2. The van der Waals surface area contributed by atoms with Crippen LogP contribution >= 0.6 is 0 Å². The van der Waals surface area contributed by atoms with Crippen molar-refractivity contribution in [3.63, 3.8) is 0 Å². The third-order valence-corrected chi connectivity index (χ3v) is 5.53. The Labute approximate surface area is 188 Å². The monoisotopic (exact) mass is 460 g/mol. The van der Waals surface area contributed by atoms with Crippen LogP contribution in [0, 0.1) is 0 Å². The summed E-state index contributed by atoms with van der Waals surface area (Å²) in [6, 6.07) is 14.0. The molecule has 0 fully saturated rings. The van der Waals surface area contributed by atoms with E-state index in [4.69, 9.17) is 9.47 Å². The number of halogens is 3. The Morgan fingerprint density at radius 3 is 2.21 bits per heavy atom. The smallest absolute Gasteiger partial charge is 0.416 e. The summed E-state index contributed by atoms with van der Waals surface area (Å²) in [4.78, 5) is 29.5. The minimum absolute atomic E-state index is 0.0355. The van der Waals surface area contributed by atoms with Crippen LogP contribution in [-0.2, 0) is 18.0 Å². The lowest BCUT2D eigenvalue weighted by Crippen LogP contribution is -2.30. The third-order valence-electron chi connectivity index (χ3n) is 5.53. The van der Waals surface area contributed by atoms with E-state index in [1.54, 1.807) is 37.3 Å². The minimum Gasteiger partial charge on any atom is -0.489 e. The average Bonchev–Trinajstić information content (AvgIpc) is 2.80. The van der Waals surface area contributed by atoms with Gasteiger partial charge in [-0.25, -0.2) is 9.78 Å². The van der Waals surface area contributed by atoms with Gasteiger partial charge in [0, 0.05) is 18.9 Å². The number of esters is 1. The van der Waals surface area contributed by atoms with Crippen molar-refractivity contribution in [1.29, 1.82) is 0 Å². The van der Waals surface area contributed by atoms with E-state index in [-0.39, 0.29) is 22.8 Å². The summed E-state index contributed by atoms with van der Waals surface area (Å²) < 4.78 is 52.7. The van der Waals surface area contributed by atoms with E-state index in [2.05, 4.69) is 4.98 Å². The number of methoxy groups -OCH3 is 2. The van der Waals surface area contributed by atoms with Crippen molar-refractivity contribution in [2.45, 2.75) is 24.9 Å². The van der Waals surface area contributed by atoms with Crippen LogP contribution < -0.4 is 10.3 Å². The van der Waals surface area contributed by atoms with E-state index in [9.17, 15) is 22.8 Å². The molecule has 0 bridgehead atoms. The molecule has 0 amide bonds. The zero-order valence-electron chi connectivity index (χ0n) is 18.5. The summed E-state index contributed by atoms with van der Waals surface area (Å²) in [7, 11) is 3.79. The summed E-state index contributed by atoms with van der Waals surface area (Å²) in [5, 5.41) is 0. The molecule has 0 aliphatic carbocycles. The molecule has 0 aliphatic rings. The van der Waals surface area contributed by atoms with Crippen LogP contribution in [0.4, 0.5) is 13.2 Å². The van der Waals surface area contributed by atoms with E-state index in [1.165, 1.54) is 36.9 Å². The Hall–Kier alpha value is -3.62. The van der Waals surface area contributed by atoms with Crippen molar-refractivity contribution in [2.24, 2.45) is 7.05 Å². The van der Waals surface area contributed by atoms with Crippen LogP contribution in [0.5, 0.6) is 5.75 Å². The molecule has 1 aromatic heterocycles. The van der Waals surface area contributed by atoms with E-state index in [0.717, 1.165) is 13.2 Å². The Morgan fingerprint density at radius 2 is 1.64 bits per heavy atom. The molecule has 33 heavy (non-hydrogen) atoms. The fourth-order valence-corrected chi connectivity index (χ4v) is 4.00. The van der Waals surface area contributed by atoms with Crippen molar-refractivity contribution in [3.8, 4) is 5.75 Å². The first-order valence-corrected chi connectivity index (χ1v) is 10.1. The first kappa shape index (κ1) is 24.0. The van der Waals surface area contributed by atoms with Gasteiger partial charge in [0.2, 0.25) is 5.75 Å². The van der Waals surface area contributed by atoms with Gasteiger partial charge in [0.1, 0.15) is 5.82 Å². The van der Waals surface area contributed by atoms with Crippen molar-refractivity contribution in [3.05, 3.63) is 93.2 Å². The second-order valence-electron chi connectivity index (χ2n) is 7.47. The second-order valence-corrected chi connectivity index (χ2v) is 7.47. The van der Waals surface area contributed by atoms with Gasteiger partial charge in [-0.3, -0.25) is 9.36 Å². The van der Waals surface area contributed by atoms with Crippen LogP contribution in [0.2, 0.25) is 0 Å². The number of carbonyl (C=O) groups excluding carboxylic acids is 1. The van der Waals surface area contributed by atoms with E-state index >= 15 is 0 Å². The molecule has 3 aromatic rings. The molecule has 2 unspecified atom stereocenters. The van der Waals surface area contributed by atoms with Gasteiger partial charge in [-0.2, -0.15) is 13.2 Å². The minimum atomic E-state index is -4.58. The predicted octanol–water partition coefficient (Wildman–Crippen LogP) is 4.53. The van der Waals surface area contributed by atoms with Crippen LogP contribution in [-0.4, -0.2) is 29.7 Å². The van der Waals surface area contributed by atoms with Gasteiger partial charge in [-0.15, -0.1) is 0 Å². The van der Waals surface area contributed by atoms with E-state index < -0.39 is 35.1 Å². The lowest BCUT2D eigenvalue weighted by atomic mass is 9.79. The Morgan fingerprint density at radius 1 is 1.03 bits per heavy atom. The Balaban J connectivity index is 2.30. The molecule has 0 saturated heterocycles. The fourth-order valence-electron chi connectivity index (χ4n) is 4.00. The first-order chi connectivity index (χ1) is 15.6. The molecule has 6 nitrogen and oxygen atoms in total. The zero-order valence-corrected chi connectivity index (χ0v) is 18.5. The normalized spacial score (nSPS) is 13.3. The molecule has 0 radical (unpaired) electrons. The molecule has 0 aliphatic heterocycles. The van der Waals surface area contributed by atoms with Crippen LogP contribution in [0.15, 0.2) is 59.4 Å². The van der Waals surface area contributed by atoms with Gasteiger partial charge >= 0.3 is 12.1 Å². The number of benzene rings is 2. The predicted molar refractivity (Wildman–Crippen MR) is 116 cm³/mol. The Bertz CT molecular complexity index is 1210. The number of alkyl halides is 3. The van der Waals surface area contributed by atoms with Gasteiger partial charge < -0.3 is 9.47 Å². The maximum absolute atomic E-state index is 13.9. The molecule has 2 atom stereocenters. The standard InChI is InChI=1S/C24H23F3N2O4/c1-14(21-28-19(23(31)33-4)20(32-3)22(30)29(21)2)18(15-10-6-5-7-11-15)16-12-8-9-13-17(16)24(25,26)27/h5-14,18H,1-4H3. The average molecular weight is 460 g/mol. The van der Waals surface area contributed by atoms with Gasteiger partial charge in [-0.1, -0.05) is 55.5 Å². The molecule has 3 rings (SSSR count). The SMILES string of the molecule is COC(=O)c1nc(C(C)C(c2ccccc2)c2ccccc2C(F)(F)F)n(C)c(=O)c1OC. The van der Waals surface area contributed by atoms with Gasteiger partial charge in [0.05, 0.1) is 19.8 Å². The number of aromatic nitrogens is 2. The molecule has 2 aromatic carbocycles. The third kappa shape index (κ3) is 4.62. The molecule has 174 valence electrons. The topological polar surface area (TPSA) is 70.4 Å². The maximum Gasteiger partial charge on any atom is 0.416 e. The molecule has 0 spiro atoms.